The molecule has 0 aliphatic heterocycles. The molecule has 1 amide bonds. The van der Waals surface area contributed by atoms with Gasteiger partial charge < -0.3 is 20.1 Å². The Kier molecular flexibility index (Phi) is 7.85. The third-order valence-electron chi connectivity index (χ3n) is 6.05. The van der Waals surface area contributed by atoms with Crippen molar-refractivity contribution in [3.05, 3.63) is 82.5 Å². The fourth-order valence-corrected chi connectivity index (χ4v) is 5.19. The van der Waals surface area contributed by atoms with Gasteiger partial charge in [-0.05, 0) is 62.1 Å². The molecule has 0 unspecified atom stereocenters. The highest BCUT2D eigenvalue weighted by Gasteiger charge is 2.23. The van der Waals surface area contributed by atoms with Gasteiger partial charge in [0, 0.05) is 35.9 Å². The predicted molar refractivity (Wildman–Crippen MR) is 153 cm³/mol. The molecule has 0 fully saturated rings. The van der Waals surface area contributed by atoms with Crippen LogP contribution in [-0.2, 0) is 21.3 Å². The molecular formula is C28H30N4O7S. The molecule has 2 heterocycles. The van der Waals surface area contributed by atoms with E-state index in [0.29, 0.717) is 22.0 Å². The average molecular weight is 567 g/mol. The fourth-order valence-electron chi connectivity index (χ4n) is 4.31. The summed E-state index contributed by atoms with van der Waals surface area (Å²) in [6, 6.07) is 15.2. The van der Waals surface area contributed by atoms with Crippen LogP contribution in [0.25, 0.3) is 33.1 Å². The number of aromatic nitrogens is 2. The summed E-state index contributed by atoms with van der Waals surface area (Å²) >= 11 is 0. The molecule has 0 saturated heterocycles. The molecular weight excluding hydrogens is 536 g/mol. The zero-order valence-electron chi connectivity index (χ0n) is 22.3. The van der Waals surface area contributed by atoms with Crippen molar-refractivity contribution in [2.45, 2.75) is 32.9 Å². The van der Waals surface area contributed by atoms with Crippen LogP contribution in [0.1, 0.15) is 26.3 Å². The highest BCUT2D eigenvalue weighted by Crippen LogP contribution is 2.29. The van der Waals surface area contributed by atoms with E-state index in [1.807, 2.05) is 12.1 Å². The Morgan fingerprint density at radius 1 is 1.12 bits per heavy atom. The smallest absolute Gasteiger partial charge is 0.416 e. The minimum Gasteiger partial charge on any atom is -0.464 e. The summed E-state index contributed by atoms with van der Waals surface area (Å²) in [5.74, 6) is 0. The van der Waals surface area contributed by atoms with Crippen LogP contribution in [0.15, 0.2) is 71.4 Å². The Balaban J connectivity index is 1.66. The highest BCUT2D eigenvalue weighted by molar-refractivity contribution is 7.91. The summed E-state index contributed by atoms with van der Waals surface area (Å²) in [6.45, 7) is 8.42. The molecule has 12 heteroatoms. The first-order valence-corrected chi connectivity index (χ1v) is 13.9. The number of fused-ring (bicyclic) bond motifs is 2. The minimum absolute atomic E-state index is 0.00545. The lowest BCUT2D eigenvalue weighted by Crippen LogP contribution is -2.39. The molecule has 210 valence electrons. The summed E-state index contributed by atoms with van der Waals surface area (Å²) in [4.78, 5) is 39.9. The number of para-hydroxylation sites is 1. The number of nitrogens with one attached hydrogen (secondary N) is 2. The van der Waals surface area contributed by atoms with Gasteiger partial charge in [-0.2, -0.15) is 4.31 Å². The number of carbonyl (C=O) groups is 2. The number of H-pyrrole nitrogens is 1. The van der Waals surface area contributed by atoms with Gasteiger partial charge in [-0.25, -0.2) is 22.6 Å². The maximum atomic E-state index is 12.9. The van der Waals surface area contributed by atoms with Gasteiger partial charge in [0.1, 0.15) is 5.60 Å². The van der Waals surface area contributed by atoms with Crippen molar-refractivity contribution in [2.24, 2.45) is 0 Å². The van der Waals surface area contributed by atoms with Gasteiger partial charge in [-0.3, -0.25) is 4.79 Å². The van der Waals surface area contributed by atoms with Crippen LogP contribution < -0.4 is 10.9 Å². The molecule has 2 aromatic carbocycles. The average Bonchev–Trinajstić information content (AvgIpc) is 3.25. The highest BCUT2D eigenvalue weighted by atomic mass is 32.2. The molecule has 3 N–H and O–H groups in total. The molecule has 2 aromatic heterocycles. The molecule has 40 heavy (non-hydrogen) atoms. The standard InChI is InChI=1S/C28H30N4O7S/c1-5-40(37,38)31(13-12-29-26(34)39-28(2,3)4)17-18-10-11-23-20(14-18)16-24(32(23)27(35)36)21-15-19-8-6-7-9-22(19)30-25(21)33/h5-11,14-16H,1,12-13,17H2,2-4H3,(H,29,34)(H,30,33)(H,35,36). The number of ether oxygens (including phenoxy) is 1. The van der Waals surface area contributed by atoms with Gasteiger partial charge in [0.2, 0.25) is 10.0 Å². The summed E-state index contributed by atoms with van der Waals surface area (Å²) in [7, 11) is -3.87. The number of alkyl carbamates (subject to hydrolysis) is 1. The lowest BCUT2D eigenvalue weighted by Gasteiger charge is -2.22. The lowest BCUT2D eigenvalue weighted by atomic mass is 10.1. The largest absolute Gasteiger partial charge is 0.464 e. The third-order valence-corrected chi connectivity index (χ3v) is 7.50. The number of aromatic amines is 1. The molecule has 0 aliphatic carbocycles. The van der Waals surface area contributed by atoms with Crippen LogP contribution in [0.4, 0.5) is 9.59 Å². The van der Waals surface area contributed by atoms with Crippen LogP contribution in [0.3, 0.4) is 0 Å². The lowest BCUT2D eigenvalue weighted by molar-refractivity contribution is 0.0525. The summed E-state index contributed by atoms with van der Waals surface area (Å²) in [5, 5.41) is 14.6. The van der Waals surface area contributed by atoms with Crippen molar-refractivity contribution in [2.75, 3.05) is 13.1 Å². The van der Waals surface area contributed by atoms with Gasteiger partial charge in [-0.15, -0.1) is 0 Å². The van der Waals surface area contributed by atoms with Crippen molar-refractivity contribution in [1.29, 1.82) is 0 Å². The molecule has 4 rings (SSSR count). The minimum atomic E-state index is -3.87. The SMILES string of the molecule is C=CS(=O)(=O)N(CCNC(=O)OC(C)(C)C)Cc1ccc2c(c1)cc(-c1cc3ccccc3[nH]c1=O)n2C(=O)O. The zero-order valence-corrected chi connectivity index (χ0v) is 23.1. The molecule has 11 nitrogen and oxygen atoms in total. The predicted octanol–water partition coefficient (Wildman–Crippen LogP) is 4.48. The maximum Gasteiger partial charge on any atom is 0.416 e. The normalized spacial score (nSPS) is 12.1. The second kappa shape index (κ2) is 11.0. The van der Waals surface area contributed by atoms with E-state index in [-0.39, 0.29) is 30.9 Å². The number of pyridine rings is 1. The number of sulfonamides is 1. The molecule has 0 spiro atoms. The maximum absolute atomic E-state index is 12.9. The molecule has 0 aliphatic rings. The van der Waals surface area contributed by atoms with E-state index in [4.69, 9.17) is 4.74 Å². The zero-order chi connectivity index (χ0) is 29.2. The van der Waals surface area contributed by atoms with Gasteiger partial charge in [0.05, 0.1) is 16.8 Å². The van der Waals surface area contributed by atoms with Gasteiger partial charge >= 0.3 is 12.2 Å². The summed E-state index contributed by atoms with van der Waals surface area (Å²) in [5.41, 5.74) is 0.757. The van der Waals surface area contributed by atoms with E-state index in [2.05, 4.69) is 16.9 Å². The first-order chi connectivity index (χ1) is 18.8. The second-order valence-corrected chi connectivity index (χ2v) is 12.0. The molecule has 0 bridgehead atoms. The van der Waals surface area contributed by atoms with E-state index in [1.165, 1.54) is 0 Å². The Morgan fingerprint density at radius 3 is 2.52 bits per heavy atom. The van der Waals surface area contributed by atoms with E-state index in [9.17, 15) is 27.9 Å². The quantitative estimate of drug-likeness (QED) is 0.285. The Labute approximate surface area is 230 Å². The Hall–Kier alpha value is -4.42. The van der Waals surface area contributed by atoms with Crippen LogP contribution in [0.5, 0.6) is 0 Å². The summed E-state index contributed by atoms with van der Waals surface area (Å²) < 4.78 is 32.7. The fraction of sp³-hybridized carbons (Fsp3) is 0.250. The van der Waals surface area contributed by atoms with Crippen molar-refractivity contribution in [3.8, 4) is 11.3 Å². The van der Waals surface area contributed by atoms with Crippen LogP contribution in [-0.4, -0.2) is 58.3 Å². The van der Waals surface area contributed by atoms with Crippen molar-refractivity contribution >= 4 is 44.0 Å². The number of amides is 1. The van der Waals surface area contributed by atoms with Crippen LogP contribution in [0, 0.1) is 0 Å². The number of carbonyl (C=O) groups excluding carboxylic acids is 1. The number of hydrogen-bond acceptors (Lipinski definition) is 6. The first-order valence-electron chi connectivity index (χ1n) is 12.4. The topological polar surface area (TPSA) is 151 Å². The van der Waals surface area contributed by atoms with Crippen molar-refractivity contribution in [1.82, 2.24) is 19.2 Å². The van der Waals surface area contributed by atoms with E-state index in [1.54, 1.807) is 63.2 Å². The van der Waals surface area contributed by atoms with E-state index in [0.717, 1.165) is 19.7 Å². The van der Waals surface area contributed by atoms with Gasteiger partial charge in [0.25, 0.3) is 5.56 Å². The van der Waals surface area contributed by atoms with Gasteiger partial charge in [-0.1, -0.05) is 30.8 Å². The molecule has 0 radical (unpaired) electrons. The summed E-state index contributed by atoms with van der Waals surface area (Å²) in [6.07, 6.45) is -1.94. The molecule has 0 atom stereocenters. The third kappa shape index (κ3) is 6.24. The Morgan fingerprint density at radius 2 is 1.85 bits per heavy atom. The van der Waals surface area contributed by atoms with Gasteiger partial charge in [0.15, 0.2) is 0 Å². The van der Waals surface area contributed by atoms with E-state index >= 15 is 0 Å². The van der Waals surface area contributed by atoms with Crippen LogP contribution >= 0.6 is 0 Å². The van der Waals surface area contributed by atoms with E-state index < -0.39 is 33.4 Å². The van der Waals surface area contributed by atoms with Crippen molar-refractivity contribution in [3.63, 3.8) is 0 Å². The number of hydrogen-bond donors (Lipinski definition) is 3. The first kappa shape index (κ1) is 28.6. The number of nitrogens with zero attached hydrogens (tertiary/aromatic N) is 2. The van der Waals surface area contributed by atoms with Crippen molar-refractivity contribution < 1.29 is 27.9 Å². The Bertz CT molecular complexity index is 1780. The molecule has 0 saturated carbocycles. The second-order valence-electron chi connectivity index (χ2n) is 10.1. The number of carboxylic acid groups (broad SMARTS) is 1. The van der Waals surface area contributed by atoms with Crippen LogP contribution in [0.2, 0.25) is 0 Å². The molecule has 4 aromatic rings. The monoisotopic (exact) mass is 566 g/mol. The number of rotatable bonds is 8. The number of benzene rings is 2.